The minimum Gasteiger partial charge on any atom is -0.356 e. The highest BCUT2D eigenvalue weighted by atomic mass is 32.2. The van der Waals surface area contributed by atoms with Crippen molar-refractivity contribution in [3.63, 3.8) is 0 Å². The summed E-state index contributed by atoms with van der Waals surface area (Å²) in [6.45, 7) is 1.25. The molecule has 0 aliphatic carbocycles. The van der Waals surface area contributed by atoms with E-state index in [0.717, 1.165) is 18.5 Å². The first-order chi connectivity index (χ1) is 12.0. The van der Waals surface area contributed by atoms with Crippen LogP contribution in [-0.2, 0) is 23.0 Å². The Labute approximate surface area is 149 Å². The molecule has 0 heterocycles. The SMILES string of the molecule is CN=C(NCCc1ccccc1)NCc1cccc(S(=O)(=O)NC)c1. The predicted octanol–water partition coefficient (Wildman–Crippen LogP) is 1.50. The van der Waals surface area contributed by atoms with Crippen molar-refractivity contribution >= 4 is 16.0 Å². The summed E-state index contributed by atoms with van der Waals surface area (Å²) in [6, 6.07) is 17.0. The summed E-state index contributed by atoms with van der Waals surface area (Å²) in [5, 5.41) is 6.44. The fraction of sp³-hybridized carbons (Fsp3) is 0.278. The van der Waals surface area contributed by atoms with Crippen molar-refractivity contribution in [2.24, 2.45) is 4.99 Å². The zero-order chi connectivity index (χ0) is 18.1. The monoisotopic (exact) mass is 360 g/mol. The van der Waals surface area contributed by atoms with E-state index in [4.69, 9.17) is 0 Å². The van der Waals surface area contributed by atoms with Crippen LogP contribution in [0.1, 0.15) is 11.1 Å². The molecule has 2 aromatic carbocycles. The van der Waals surface area contributed by atoms with E-state index in [-0.39, 0.29) is 4.90 Å². The Morgan fingerprint density at radius 2 is 1.72 bits per heavy atom. The molecule has 0 aromatic heterocycles. The van der Waals surface area contributed by atoms with Crippen LogP contribution in [-0.4, -0.2) is 35.0 Å². The Balaban J connectivity index is 1.87. The van der Waals surface area contributed by atoms with Crippen LogP contribution in [0, 0.1) is 0 Å². The van der Waals surface area contributed by atoms with E-state index in [1.807, 2.05) is 24.3 Å². The number of guanidine groups is 1. The summed E-state index contributed by atoms with van der Waals surface area (Å²) in [5.74, 6) is 0.679. The summed E-state index contributed by atoms with van der Waals surface area (Å²) < 4.78 is 26.0. The van der Waals surface area contributed by atoms with Gasteiger partial charge in [-0.05, 0) is 36.7 Å². The Bertz CT molecular complexity index is 805. The van der Waals surface area contributed by atoms with E-state index in [0.29, 0.717) is 12.5 Å². The fourth-order valence-corrected chi connectivity index (χ4v) is 3.12. The zero-order valence-electron chi connectivity index (χ0n) is 14.5. The van der Waals surface area contributed by atoms with Gasteiger partial charge in [0.05, 0.1) is 4.90 Å². The third kappa shape index (κ3) is 5.88. The highest BCUT2D eigenvalue weighted by Gasteiger charge is 2.11. The molecule has 25 heavy (non-hydrogen) atoms. The van der Waals surface area contributed by atoms with E-state index < -0.39 is 10.0 Å². The second-order valence-electron chi connectivity index (χ2n) is 5.44. The predicted molar refractivity (Wildman–Crippen MR) is 101 cm³/mol. The Kier molecular flexibility index (Phi) is 6.97. The minimum absolute atomic E-state index is 0.251. The average Bonchev–Trinajstić information content (AvgIpc) is 2.65. The lowest BCUT2D eigenvalue weighted by molar-refractivity contribution is 0.588. The van der Waals surface area contributed by atoms with Gasteiger partial charge in [0.25, 0.3) is 0 Å². The normalized spacial score (nSPS) is 12.0. The van der Waals surface area contributed by atoms with Gasteiger partial charge in [0, 0.05) is 20.1 Å². The molecule has 0 saturated carbocycles. The fourth-order valence-electron chi connectivity index (χ4n) is 2.32. The van der Waals surface area contributed by atoms with Gasteiger partial charge in [-0.15, -0.1) is 0 Å². The van der Waals surface area contributed by atoms with Crippen LogP contribution in [0.4, 0.5) is 0 Å². The molecule has 0 spiro atoms. The molecular weight excluding hydrogens is 336 g/mol. The maximum atomic E-state index is 11.9. The van der Waals surface area contributed by atoms with Crippen molar-refractivity contribution in [3.8, 4) is 0 Å². The third-order valence-corrected chi connectivity index (χ3v) is 5.12. The summed E-state index contributed by atoms with van der Waals surface area (Å²) in [7, 11) is -0.324. The number of hydrogen-bond donors (Lipinski definition) is 3. The topological polar surface area (TPSA) is 82.6 Å². The van der Waals surface area contributed by atoms with Gasteiger partial charge < -0.3 is 10.6 Å². The summed E-state index contributed by atoms with van der Waals surface area (Å²) in [6.07, 6.45) is 0.900. The van der Waals surface area contributed by atoms with Gasteiger partial charge in [-0.3, -0.25) is 4.99 Å². The molecule has 0 unspecified atom stereocenters. The van der Waals surface area contributed by atoms with Crippen LogP contribution in [0.15, 0.2) is 64.5 Å². The van der Waals surface area contributed by atoms with Crippen molar-refractivity contribution in [1.82, 2.24) is 15.4 Å². The number of benzene rings is 2. The van der Waals surface area contributed by atoms with Crippen LogP contribution in [0.2, 0.25) is 0 Å². The quantitative estimate of drug-likeness (QED) is 0.516. The average molecular weight is 360 g/mol. The number of nitrogens with one attached hydrogen (secondary N) is 3. The molecule has 134 valence electrons. The number of rotatable bonds is 7. The lowest BCUT2D eigenvalue weighted by Crippen LogP contribution is -2.37. The van der Waals surface area contributed by atoms with E-state index >= 15 is 0 Å². The van der Waals surface area contributed by atoms with Crippen LogP contribution < -0.4 is 15.4 Å². The largest absolute Gasteiger partial charge is 0.356 e. The van der Waals surface area contributed by atoms with Gasteiger partial charge in [0.2, 0.25) is 10.0 Å². The van der Waals surface area contributed by atoms with Crippen LogP contribution >= 0.6 is 0 Å². The number of nitrogens with zero attached hydrogens (tertiary/aromatic N) is 1. The van der Waals surface area contributed by atoms with Crippen molar-refractivity contribution < 1.29 is 8.42 Å². The Hall–Kier alpha value is -2.38. The zero-order valence-corrected chi connectivity index (χ0v) is 15.3. The van der Waals surface area contributed by atoms with Crippen molar-refractivity contribution in [2.75, 3.05) is 20.6 Å². The third-order valence-electron chi connectivity index (χ3n) is 3.71. The molecule has 0 amide bonds. The molecule has 3 N–H and O–H groups in total. The van der Waals surface area contributed by atoms with Gasteiger partial charge in [0.15, 0.2) is 5.96 Å². The molecule has 0 fully saturated rings. The van der Waals surface area contributed by atoms with Crippen molar-refractivity contribution in [2.45, 2.75) is 17.9 Å². The van der Waals surface area contributed by atoms with Gasteiger partial charge in [-0.1, -0.05) is 42.5 Å². The van der Waals surface area contributed by atoms with E-state index in [1.165, 1.54) is 12.6 Å². The first kappa shape index (κ1) is 19.0. The smallest absolute Gasteiger partial charge is 0.240 e. The maximum absolute atomic E-state index is 11.9. The van der Waals surface area contributed by atoms with E-state index in [2.05, 4.69) is 32.5 Å². The summed E-state index contributed by atoms with van der Waals surface area (Å²) >= 11 is 0. The summed E-state index contributed by atoms with van der Waals surface area (Å²) in [4.78, 5) is 4.44. The first-order valence-corrected chi connectivity index (χ1v) is 9.54. The van der Waals surface area contributed by atoms with E-state index in [9.17, 15) is 8.42 Å². The standard InChI is InChI=1S/C18H24N4O2S/c1-19-18(21-12-11-15-7-4-3-5-8-15)22-14-16-9-6-10-17(13-16)25(23,24)20-2/h3-10,13,20H,11-12,14H2,1-2H3,(H2,19,21,22). The molecular formula is C18H24N4O2S. The lowest BCUT2D eigenvalue weighted by Gasteiger charge is -2.12. The first-order valence-electron chi connectivity index (χ1n) is 8.06. The molecule has 7 heteroatoms. The summed E-state index contributed by atoms with van der Waals surface area (Å²) in [5.41, 5.74) is 2.12. The Morgan fingerprint density at radius 3 is 2.40 bits per heavy atom. The Morgan fingerprint density at radius 1 is 1.00 bits per heavy atom. The minimum atomic E-state index is -3.43. The van der Waals surface area contributed by atoms with Gasteiger partial charge in [0.1, 0.15) is 0 Å². The molecule has 0 saturated heterocycles. The number of hydrogen-bond acceptors (Lipinski definition) is 3. The lowest BCUT2D eigenvalue weighted by atomic mass is 10.1. The van der Waals surface area contributed by atoms with Crippen LogP contribution in [0.25, 0.3) is 0 Å². The van der Waals surface area contributed by atoms with Gasteiger partial charge in [-0.25, -0.2) is 13.1 Å². The second kappa shape index (κ2) is 9.19. The second-order valence-corrected chi connectivity index (χ2v) is 7.33. The van der Waals surface area contributed by atoms with Gasteiger partial charge in [-0.2, -0.15) is 0 Å². The molecule has 2 rings (SSSR count). The number of aliphatic imine (C=N–C) groups is 1. The van der Waals surface area contributed by atoms with E-state index in [1.54, 1.807) is 25.2 Å². The molecule has 0 atom stereocenters. The van der Waals surface area contributed by atoms with Crippen LogP contribution in [0.3, 0.4) is 0 Å². The molecule has 6 nitrogen and oxygen atoms in total. The van der Waals surface area contributed by atoms with Gasteiger partial charge >= 0.3 is 0 Å². The molecule has 2 aromatic rings. The molecule has 0 radical (unpaired) electrons. The number of sulfonamides is 1. The molecule has 0 aliphatic rings. The van der Waals surface area contributed by atoms with Crippen LogP contribution in [0.5, 0.6) is 0 Å². The molecule has 0 bridgehead atoms. The highest BCUT2D eigenvalue weighted by Crippen LogP contribution is 2.10. The van der Waals surface area contributed by atoms with Crippen molar-refractivity contribution in [3.05, 3.63) is 65.7 Å². The molecule has 0 aliphatic heterocycles. The highest BCUT2D eigenvalue weighted by molar-refractivity contribution is 7.89. The van der Waals surface area contributed by atoms with Crippen molar-refractivity contribution in [1.29, 1.82) is 0 Å². The maximum Gasteiger partial charge on any atom is 0.240 e.